The van der Waals surface area contributed by atoms with Crippen LogP contribution in [0.15, 0.2) is 23.4 Å². The molecule has 0 saturated carbocycles. The van der Waals surface area contributed by atoms with Crippen LogP contribution in [0, 0.1) is 0 Å². The molecule has 2 aromatic heterocycles. The third-order valence-corrected chi connectivity index (χ3v) is 3.37. The summed E-state index contributed by atoms with van der Waals surface area (Å²) in [5, 5.41) is 4.81. The SMILES string of the molecule is C[C@@H](NC(=O)OC(C)(C)C)c1cncn1Cc1cscn1. The summed E-state index contributed by atoms with van der Waals surface area (Å²) in [5.74, 6) is 0. The van der Waals surface area contributed by atoms with Crippen LogP contribution in [0.3, 0.4) is 0 Å². The number of ether oxygens (including phenoxy) is 1. The number of carbonyl (C=O) groups is 1. The van der Waals surface area contributed by atoms with Crippen LogP contribution >= 0.6 is 11.3 Å². The van der Waals surface area contributed by atoms with Gasteiger partial charge >= 0.3 is 6.09 Å². The first-order chi connectivity index (χ1) is 9.85. The number of alkyl carbamates (subject to hydrolysis) is 1. The lowest BCUT2D eigenvalue weighted by molar-refractivity contribution is 0.0506. The number of nitrogens with one attached hydrogen (secondary N) is 1. The summed E-state index contributed by atoms with van der Waals surface area (Å²) >= 11 is 1.56. The second-order valence-corrected chi connectivity index (χ2v) is 6.51. The zero-order valence-electron chi connectivity index (χ0n) is 12.7. The fourth-order valence-corrected chi connectivity index (χ4v) is 2.42. The van der Waals surface area contributed by atoms with Gasteiger partial charge in [0.1, 0.15) is 5.60 Å². The van der Waals surface area contributed by atoms with Crippen molar-refractivity contribution in [2.75, 3.05) is 0 Å². The summed E-state index contributed by atoms with van der Waals surface area (Å²) in [6, 6.07) is -0.194. The number of aromatic nitrogens is 3. The fraction of sp³-hybridized carbons (Fsp3) is 0.500. The van der Waals surface area contributed by atoms with Gasteiger partial charge in [0.25, 0.3) is 0 Å². The quantitative estimate of drug-likeness (QED) is 0.942. The number of hydrogen-bond donors (Lipinski definition) is 1. The van der Waals surface area contributed by atoms with Gasteiger partial charge in [0, 0.05) is 5.38 Å². The molecule has 6 nitrogen and oxygen atoms in total. The summed E-state index contributed by atoms with van der Waals surface area (Å²) in [7, 11) is 0. The standard InChI is InChI=1S/C14H20N4O2S/c1-10(17-13(19)20-14(2,3)4)12-5-15-8-18(12)6-11-7-21-9-16-11/h5,7-10H,6H2,1-4H3,(H,17,19)/t10-/m1/s1. The number of carbonyl (C=O) groups excluding carboxylic acids is 1. The highest BCUT2D eigenvalue weighted by Crippen LogP contribution is 2.15. The van der Waals surface area contributed by atoms with E-state index in [1.165, 1.54) is 0 Å². The number of rotatable bonds is 4. The Morgan fingerprint density at radius 1 is 1.52 bits per heavy atom. The monoisotopic (exact) mass is 308 g/mol. The van der Waals surface area contributed by atoms with Gasteiger partial charge in [-0.2, -0.15) is 0 Å². The smallest absolute Gasteiger partial charge is 0.408 e. The molecule has 1 N–H and O–H groups in total. The molecule has 0 spiro atoms. The molecule has 1 amide bonds. The third-order valence-electron chi connectivity index (χ3n) is 2.74. The molecular weight excluding hydrogens is 288 g/mol. The third kappa shape index (κ3) is 4.56. The molecule has 0 saturated heterocycles. The average Bonchev–Trinajstić information content (AvgIpc) is 2.97. The van der Waals surface area contributed by atoms with E-state index in [4.69, 9.17) is 4.74 Å². The Bertz CT molecular complexity index is 586. The number of hydrogen-bond acceptors (Lipinski definition) is 5. The molecule has 7 heteroatoms. The van der Waals surface area contributed by atoms with Crippen LogP contribution in [0.2, 0.25) is 0 Å². The minimum absolute atomic E-state index is 0.194. The van der Waals surface area contributed by atoms with Crippen molar-refractivity contribution in [3.63, 3.8) is 0 Å². The average molecular weight is 308 g/mol. The van der Waals surface area contributed by atoms with Crippen molar-refractivity contribution in [3.05, 3.63) is 34.8 Å². The van der Waals surface area contributed by atoms with Crippen molar-refractivity contribution < 1.29 is 9.53 Å². The van der Waals surface area contributed by atoms with Crippen LogP contribution in [-0.2, 0) is 11.3 Å². The van der Waals surface area contributed by atoms with E-state index in [0.29, 0.717) is 6.54 Å². The molecule has 21 heavy (non-hydrogen) atoms. The largest absolute Gasteiger partial charge is 0.444 e. The van der Waals surface area contributed by atoms with Crippen LogP contribution in [-0.4, -0.2) is 26.2 Å². The first-order valence-electron chi connectivity index (χ1n) is 6.72. The normalized spacial score (nSPS) is 13.0. The minimum Gasteiger partial charge on any atom is -0.444 e. The molecule has 1 atom stereocenters. The summed E-state index contributed by atoms with van der Waals surface area (Å²) in [4.78, 5) is 20.2. The molecule has 0 unspecified atom stereocenters. The van der Waals surface area contributed by atoms with Crippen LogP contribution in [0.4, 0.5) is 4.79 Å². The molecule has 0 aliphatic heterocycles. The van der Waals surface area contributed by atoms with Crippen molar-refractivity contribution in [1.82, 2.24) is 19.9 Å². The Labute approximate surface area is 128 Å². The maximum absolute atomic E-state index is 11.8. The van der Waals surface area contributed by atoms with Crippen molar-refractivity contribution in [2.45, 2.75) is 45.9 Å². The Morgan fingerprint density at radius 2 is 2.29 bits per heavy atom. The molecule has 2 aromatic rings. The molecule has 0 aromatic carbocycles. The molecule has 0 fully saturated rings. The highest BCUT2D eigenvalue weighted by molar-refractivity contribution is 7.07. The number of amides is 1. The van der Waals surface area contributed by atoms with Crippen molar-refractivity contribution in [3.8, 4) is 0 Å². The van der Waals surface area contributed by atoms with Gasteiger partial charge in [-0.3, -0.25) is 0 Å². The van der Waals surface area contributed by atoms with E-state index in [1.807, 2.05) is 37.6 Å². The van der Waals surface area contributed by atoms with E-state index < -0.39 is 11.7 Å². The lowest BCUT2D eigenvalue weighted by Crippen LogP contribution is -2.34. The van der Waals surface area contributed by atoms with Crippen molar-refractivity contribution >= 4 is 17.4 Å². The first-order valence-corrected chi connectivity index (χ1v) is 7.66. The summed E-state index contributed by atoms with van der Waals surface area (Å²) in [5.41, 5.74) is 3.18. The Balaban J connectivity index is 2.01. The number of nitrogens with zero attached hydrogens (tertiary/aromatic N) is 3. The zero-order valence-corrected chi connectivity index (χ0v) is 13.5. The predicted octanol–water partition coefficient (Wildman–Crippen LogP) is 2.97. The number of imidazole rings is 1. The lowest BCUT2D eigenvalue weighted by atomic mass is 10.2. The van der Waals surface area contributed by atoms with E-state index >= 15 is 0 Å². The molecule has 2 heterocycles. The zero-order chi connectivity index (χ0) is 15.5. The second kappa shape index (κ2) is 6.26. The maximum Gasteiger partial charge on any atom is 0.408 e. The minimum atomic E-state index is -0.509. The van der Waals surface area contributed by atoms with E-state index in [0.717, 1.165) is 11.4 Å². The Hall–Kier alpha value is -1.89. The van der Waals surface area contributed by atoms with Crippen LogP contribution < -0.4 is 5.32 Å². The Kier molecular flexibility index (Phi) is 4.62. The van der Waals surface area contributed by atoms with Crippen molar-refractivity contribution in [1.29, 1.82) is 0 Å². The molecule has 0 bridgehead atoms. The summed E-state index contributed by atoms with van der Waals surface area (Å²) < 4.78 is 7.23. The fourth-order valence-electron chi connectivity index (χ4n) is 1.87. The molecule has 0 aliphatic carbocycles. The molecule has 114 valence electrons. The number of thiazole rings is 1. The van der Waals surface area contributed by atoms with E-state index in [1.54, 1.807) is 29.4 Å². The van der Waals surface area contributed by atoms with Gasteiger partial charge in [0.2, 0.25) is 0 Å². The highest BCUT2D eigenvalue weighted by Gasteiger charge is 2.20. The molecule has 2 rings (SSSR count). The van der Waals surface area contributed by atoms with Gasteiger partial charge in [-0.1, -0.05) is 0 Å². The Morgan fingerprint density at radius 3 is 2.90 bits per heavy atom. The van der Waals surface area contributed by atoms with Crippen LogP contribution in [0.1, 0.15) is 45.1 Å². The van der Waals surface area contributed by atoms with Gasteiger partial charge in [0.05, 0.1) is 42.0 Å². The van der Waals surface area contributed by atoms with Crippen LogP contribution in [0.5, 0.6) is 0 Å². The maximum atomic E-state index is 11.8. The van der Waals surface area contributed by atoms with Gasteiger partial charge in [-0.05, 0) is 27.7 Å². The van der Waals surface area contributed by atoms with Gasteiger partial charge < -0.3 is 14.6 Å². The predicted molar refractivity (Wildman–Crippen MR) is 81.2 cm³/mol. The molecular formula is C14H20N4O2S. The molecule has 0 radical (unpaired) electrons. The van der Waals surface area contributed by atoms with E-state index in [2.05, 4.69) is 15.3 Å². The first kappa shape index (κ1) is 15.5. The lowest BCUT2D eigenvalue weighted by Gasteiger charge is -2.22. The van der Waals surface area contributed by atoms with Gasteiger partial charge in [0.15, 0.2) is 0 Å². The van der Waals surface area contributed by atoms with Crippen LogP contribution in [0.25, 0.3) is 0 Å². The van der Waals surface area contributed by atoms with Crippen molar-refractivity contribution in [2.24, 2.45) is 0 Å². The summed E-state index contributed by atoms with van der Waals surface area (Å²) in [6.45, 7) is 8.05. The van der Waals surface area contributed by atoms with Gasteiger partial charge in [-0.15, -0.1) is 11.3 Å². The summed E-state index contributed by atoms with van der Waals surface area (Å²) in [6.07, 6.45) is 3.05. The van der Waals surface area contributed by atoms with E-state index in [-0.39, 0.29) is 6.04 Å². The van der Waals surface area contributed by atoms with Gasteiger partial charge in [-0.25, -0.2) is 14.8 Å². The highest BCUT2D eigenvalue weighted by atomic mass is 32.1. The second-order valence-electron chi connectivity index (χ2n) is 5.79. The van der Waals surface area contributed by atoms with E-state index in [9.17, 15) is 4.79 Å². The molecule has 0 aliphatic rings. The topological polar surface area (TPSA) is 69.0 Å².